The molecule has 0 bridgehead atoms. The number of carbonyl (C=O) groups excluding carboxylic acids is 2. The van der Waals surface area contributed by atoms with Crippen LogP contribution in [0.4, 0.5) is 5.69 Å². The monoisotopic (exact) mass is 283 g/mol. The van der Waals surface area contributed by atoms with Crippen molar-refractivity contribution in [1.82, 2.24) is 0 Å². The summed E-state index contributed by atoms with van der Waals surface area (Å²) in [5.74, 6) is -0.980. The highest BCUT2D eigenvalue weighted by atomic mass is 35.5. The first kappa shape index (κ1) is 15.5. The van der Waals surface area contributed by atoms with Crippen LogP contribution in [0.5, 0.6) is 0 Å². The molecule has 1 aromatic carbocycles. The van der Waals surface area contributed by atoms with Crippen molar-refractivity contribution in [2.75, 3.05) is 5.32 Å². The standard InChI is InChI=1S/C13H18ClN3O2/c1-13(2,3)10(15)12(19)17-7-4-5-9(14)8(6-7)11(16)18/h4-6,10H,15H2,1-3H3,(H2,16,18)(H,17,19)/t10-/m1/s1. The van der Waals surface area contributed by atoms with E-state index in [1.165, 1.54) is 12.1 Å². The zero-order valence-electron chi connectivity index (χ0n) is 11.2. The molecule has 1 rings (SSSR count). The van der Waals surface area contributed by atoms with Gasteiger partial charge in [0.05, 0.1) is 16.6 Å². The summed E-state index contributed by atoms with van der Waals surface area (Å²) in [5.41, 5.74) is 11.3. The molecule has 1 aromatic rings. The molecule has 0 aliphatic rings. The maximum Gasteiger partial charge on any atom is 0.250 e. The van der Waals surface area contributed by atoms with Gasteiger partial charge < -0.3 is 16.8 Å². The highest BCUT2D eigenvalue weighted by Gasteiger charge is 2.27. The van der Waals surface area contributed by atoms with E-state index in [1.807, 2.05) is 20.8 Å². The van der Waals surface area contributed by atoms with Crippen molar-refractivity contribution in [3.05, 3.63) is 28.8 Å². The fourth-order valence-electron chi connectivity index (χ4n) is 1.41. The Hall–Kier alpha value is -1.59. The first-order chi connectivity index (χ1) is 8.62. The van der Waals surface area contributed by atoms with E-state index in [1.54, 1.807) is 6.07 Å². The molecule has 0 aliphatic heterocycles. The third kappa shape index (κ3) is 3.94. The van der Waals surface area contributed by atoms with E-state index < -0.39 is 11.9 Å². The quantitative estimate of drug-likeness (QED) is 0.788. The Kier molecular flexibility index (Phi) is 4.55. The molecule has 0 heterocycles. The SMILES string of the molecule is CC(C)(C)[C@H](N)C(=O)Nc1ccc(Cl)c(C(N)=O)c1. The van der Waals surface area contributed by atoms with Crippen LogP contribution in [0, 0.1) is 5.41 Å². The number of hydrogen-bond acceptors (Lipinski definition) is 3. The molecule has 0 aromatic heterocycles. The van der Waals surface area contributed by atoms with Crippen molar-refractivity contribution in [2.45, 2.75) is 26.8 Å². The van der Waals surface area contributed by atoms with Gasteiger partial charge in [-0.25, -0.2) is 0 Å². The number of halogens is 1. The van der Waals surface area contributed by atoms with Gasteiger partial charge in [-0.3, -0.25) is 9.59 Å². The molecule has 0 unspecified atom stereocenters. The summed E-state index contributed by atoms with van der Waals surface area (Å²) in [5, 5.41) is 2.88. The lowest BCUT2D eigenvalue weighted by atomic mass is 9.87. The number of anilines is 1. The molecule has 5 N–H and O–H groups in total. The zero-order valence-corrected chi connectivity index (χ0v) is 11.9. The van der Waals surface area contributed by atoms with Gasteiger partial charge in [0.25, 0.3) is 0 Å². The number of primary amides is 1. The van der Waals surface area contributed by atoms with Crippen molar-refractivity contribution in [2.24, 2.45) is 16.9 Å². The average Bonchev–Trinajstić information content (AvgIpc) is 2.29. The molecule has 19 heavy (non-hydrogen) atoms. The van der Waals surface area contributed by atoms with Crippen molar-refractivity contribution in [1.29, 1.82) is 0 Å². The highest BCUT2D eigenvalue weighted by molar-refractivity contribution is 6.34. The predicted octanol–water partition coefficient (Wildman–Crippen LogP) is 1.75. The predicted molar refractivity (Wildman–Crippen MR) is 76.0 cm³/mol. The smallest absolute Gasteiger partial charge is 0.250 e. The zero-order chi connectivity index (χ0) is 14.8. The second-order valence-electron chi connectivity index (χ2n) is 5.39. The minimum atomic E-state index is -0.666. The van der Waals surface area contributed by atoms with Gasteiger partial charge in [0.2, 0.25) is 11.8 Å². The van der Waals surface area contributed by atoms with E-state index in [4.69, 9.17) is 23.1 Å². The number of carbonyl (C=O) groups is 2. The lowest BCUT2D eigenvalue weighted by molar-refractivity contribution is -0.119. The Bertz CT molecular complexity index is 509. The Balaban J connectivity index is 2.92. The third-order valence-corrected chi connectivity index (χ3v) is 3.04. The Morgan fingerprint density at radius 1 is 1.32 bits per heavy atom. The maximum absolute atomic E-state index is 11.9. The number of benzene rings is 1. The first-order valence-corrected chi connectivity index (χ1v) is 6.16. The van der Waals surface area contributed by atoms with Crippen LogP contribution in [0.3, 0.4) is 0 Å². The van der Waals surface area contributed by atoms with Crippen LogP contribution in [0.25, 0.3) is 0 Å². The number of amides is 2. The van der Waals surface area contributed by atoms with Crippen LogP contribution in [0.15, 0.2) is 18.2 Å². The Morgan fingerprint density at radius 2 is 1.89 bits per heavy atom. The van der Waals surface area contributed by atoms with E-state index in [-0.39, 0.29) is 21.9 Å². The third-order valence-electron chi connectivity index (χ3n) is 2.71. The van der Waals surface area contributed by atoms with Gasteiger partial charge in [-0.2, -0.15) is 0 Å². The summed E-state index contributed by atoms with van der Waals surface area (Å²) in [7, 11) is 0. The second-order valence-corrected chi connectivity index (χ2v) is 5.80. The number of hydrogen-bond donors (Lipinski definition) is 3. The lowest BCUT2D eigenvalue weighted by Gasteiger charge is -2.25. The van der Waals surface area contributed by atoms with Crippen molar-refractivity contribution in [3.8, 4) is 0 Å². The summed E-state index contributed by atoms with van der Waals surface area (Å²) < 4.78 is 0. The summed E-state index contributed by atoms with van der Waals surface area (Å²) in [6, 6.07) is 3.85. The van der Waals surface area contributed by atoms with Crippen LogP contribution >= 0.6 is 11.6 Å². The number of nitrogens with one attached hydrogen (secondary N) is 1. The van der Waals surface area contributed by atoms with E-state index in [0.717, 1.165) is 0 Å². The number of nitrogens with two attached hydrogens (primary N) is 2. The molecular weight excluding hydrogens is 266 g/mol. The van der Waals surface area contributed by atoms with Gasteiger partial charge in [0.15, 0.2) is 0 Å². The minimum absolute atomic E-state index is 0.156. The molecule has 5 nitrogen and oxygen atoms in total. The van der Waals surface area contributed by atoms with Gasteiger partial charge >= 0.3 is 0 Å². The van der Waals surface area contributed by atoms with Crippen LogP contribution in [0.1, 0.15) is 31.1 Å². The molecule has 0 aliphatic carbocycles. The summed E-state index contributed by atoms with van der Waals surface area (Å²) >= 11 is 5.82. The summed E-state index contributed by atoms with van der Waals surface area (Å²) in [6.45, 7) is 5.61. The first-order valence-electron chi connectivity index (χ1n) is 5.78. The normalized spacial score (nSPS) is 12.9. The van der Waals surface area contributed by atoms with E-state index in [9.17, 15) is 9.59 Å². The van der Waals surface area contributed by atoms with Crippen molar-refractivity contribution >= 4 is 29.1 Å². The molecule has 2 amide bonds. The van der Waals surface area contributed by atoms with Crippen molar-refractivity contribution in [3.63, 3.8) is 0 Å². The van der Waals surface area contributed by atoms with Crippen LogP contribution in [-0.2, 0) is 4.79 Å². The molecule has 0 radical (unpaired) electrons. The van der Waals surface area contributed by atoms with Crippen LogP contribution < -0.4 is 16.8 Å². The average molecular weight is 284 g/mol. The maximum atomic E-state index is 11.9. The summed E-state index contributed by atoms with van der Waals surface area (Å²) in [6.07, 6.45) is 0. The van der Waals surface area contributed by atoms with Gasteiger partial charge in [-0.05, 0) is 23.6 Å². The van der Waals surface area contributed by atoms with E-state index >= 15 is 0 Å². The molecule has 1 atom stereocenters. The van der Waals surface area contributed by atoms with Gasteiger partial charge in [-0.15, -0.1) is 0 Å². The number of rotatable bonds is 3. The van der Waals surface area contributed by atoms with Crippen LogP contribution in [-0.4, -0.2) is 17.9 Å². The molecule has 104 valence electrons. The minimum Gasteiger partial charge on any atom is -0.366 e. The Labute approximate surface area is 117 Å². The highest BCUT2D eigenvalue weighted by Crippen LogP contribution is 2.22. The molecule has 6 heteroatoms. The van der Waals surface area contributed by atoms with Gasteiger partial charge in [0, 0.05) is 5.69 Å². The molecule has 0 fully saturated rings. The van der Waals surface area contributed by atoms with Gasteiger partial charge in [0.1, 0.15) is 0 Å². The van der Waals surface area contributed by atoms with Crippen molar-refractivity contribution < 1.29 is 9.59 Å². The fourth-order valence-corrected chi connectivity index (χ4v) is 1.62. The second kappa shape index (κ2) is 5.59. The lowest BCUT2D eigenvalue weighted by Crippen LogP contribution is -2.45. The Morgan fingerprint density at radius 3 is 2.37 bits per heavy atom. The molecule has 0 spiro atoms. The fraction of sp³-hybridized carbons (Fsp3) is 0.385. The van der Waals surface area contributed by atoms with E-state index in [2.05, 4.69) is 5.32 Å². The molecule has 0 saturated carbocycles. The summed E-state index contributed by atoms with van der Waals surface area (Å²) in [4.78, 5) is 23.1. The van der Waals surface area contributed by atoms with Crippen LogP contribution in [0.2, 0.25) is 5.02 Å². The molecule has 0 saturated heterocycles. The topological polar surface area (TPSA) is 98.2 Å². The van der Waals surface area contributed by atoms with E-state index in [0.29, 0.717) is 5.69 Å². The largest absolute Gasteiger partial charge is 0.366 e. The van der Waals surface area contributed by atoms with Gasteiger partial charge in [-0.1, -0.05) is 32.4 Å². The molecular formula is C13H18ClN3O2.